The molecule has 236 valence electrons. The van der Waals surface area contributed by atoms with Gasteiger partial charge in [-0.2, -0.15) is 10.5 Å². The molecule has 2 aromatic heterocycles. The molecule has 0 fully saturated rings. The van der Waals surface area contributed by atoms with Crippen LogP contribution in [0.1, 0.15) is 63.7 Å². The normalized spacial score (nSPS) is 14.0. The molecule has 0 aliphatic carbocycles. The lowest BCUT2D eigenvalue weighted by molar-refractivity contribution is 0.0596. The number of carbonyl (C=O) groups is 4. The van der Waals surface area contributed by atoms with E-state index >= 15 is 0 Å². The van der Waals surface area contributed by atoms with Gasteiger partial charge in [0.15, 0.2) is 0 Å². The van der Waals surface area contributed by atoms with Gasteiger partial charge in [-0.25, -0.2) is 0 Å². The summed E-state index contributed by atoms with van der Waals surface area (Å²) in [5, 5.41) is 23.0. The molecular weight excluding hydrogens is 628 g/mol. The maximum absolute atomic E-state index is 14.0. The molecule has 0 unspecified atom stereocenters. The lowest BCUT2D eigenvalue weighted by atomic mass is 9.83. The molecule has 0 radical (unpaired) electrons. The van der Waals surface area contributed by atoms with Gasteiger partial charge in [0.1, 0.15) is 0 Å². The van der Waals surface area contributed by atoms with Gasteiger partial charge < -0.3 is 0 Å². The number of carbonyl (C=O) groups excluding carboxylic acids is 4. The van der Waals surface area contributed by atoms with Crippen LogP contribution in [0.15, 0.2) is 85.2 Å². The quantitative estimate of drug-likeness (QED) is 0.122. The fourth-order valence-corrected chi connectivity index (χ4v) is 7.57. The molecule has 10 heteroatoms. The van der Waals surface area contributed by atoms with E-state index in [2.05, 4.69) is 12.1 Å². The van der Waals surface area contributed by atoms with Crippen LogP contribution in [-0.4, -0.2) is 56.5 Å². The molecule has 10 nitrogen and oxygen atoms in total. The Balaban J connectivity index is 1.27. The van der Waals surface area contributed by atoms with E-state index < -0.39 is 23.6 Å². The largest absolute Gasteiger partial charge is 0.274 e. The predicted octanol–water partition coefficient (Wildman–Crippen LogP) is 5.95. The van der Waals surface area contributed by atoms with Crippen LogP contribution < -0.4 is 0 Å². The third kappa shape index (κ3) is 3.93. The van der Waals surface area contributed by atoms with Crippen molar-refractivity contribution in [1.29, 1.82) is 10.5 Å². The third-order valence-corrected chi connectivity index (χ3v) is 9.86. The first kappa shape index (κ1) is 29.1. The monoisotopic (exact) mass is 650 g/mol. The van der Waals surface area contributed by atoms with Gasteiger partial charge in [-0.05, 0) is 36.1 Å². The van der Waals surface area contributed by atoms with E-state index in [1.165, 1.54) is 34.3 Å². The zero-order valence-electron chi connectivity index (χ0n) is 26.2. The minimum absolute atomic E-state index is 0.119. The summed E-state index contributed by atoms with van der Waals surface area (Å²) in [4.78, 5) is 67.6. The average Bonchev–Trinajstić information content (AvgIpc) is 3.15. The predicted molar refractivity (Wildman–Crippen MR) is 184 cm³/mol. The van der Waals surface area contributed by atoms with Crippen molar-refractivity contribution >= 4 is 67.0 Å². The number of nitrogens with zero attached hydrogens (tertiary/aromatic N) is 6. The highest BCUT2D eigenvalue weighted by atomic mass is 16.2. The number of fused-ring (bicyclic) bond motifs is 2. The Kier molecular flexibility index (Phi) is 6.26. The molecule has 5 aromatic carbocycles. The van der Waals surface area contributed by atoms with E-state index in [9.17, 15) is 29.7 Å². The molecule has 0 N–H and O–H groups in total. The number of benzene rings is 5. The summed E-state index contributed by atoms with van der Waals surface area (Å²) in [7, 11) is 0. The second-order valence-corrected chi connectivity index (χ2v) is 12.5. The van der Waals surface area contributed by atoms with Crippen LogP contribution >= 0.6 is 0 Å². The number of hydrogen-bond acceptors (Lipinski definition) is 8. The molecule has 0 spiro atoms. The average molecular weight is 651 g/mol. The number of imide groups is 2. The van der Waals surface area contributed by atoms with E-state index in [4.69, 9.17) is 9.97 Å². The van der Waals surface area contributed by atoms with Crippen LogP contribution in [0.2, 0.25) is 0 Å². The van der Waals surface area contributed by atoms with Crippen molar-refractivity contribution in [1.82, 2.24) is 19.8 Å². The molecule has 2 aliphatic rings. The lowest BCUT2D eigenvalue weighted by Crippen LogP contribution is -2.42. The van der Waals surface area contributed by atoms with Crippen LogP contribution in [0.4, 0.5) is 0 Å². The highest BCUT2D eigenvalue weighted by Crippen LogP contribution is 2.47. The molecule has 9 rings (SSSR count). The number of rotatable bonds is 6. The Bertz CT molecular complexity index is 2570. The minimum atomic E-state index is -0.532. The van der Waals surface area contributed by atoms with Crippen molar-refractivity contribution in [2.24, 2.45) is 0 Å². The van der Waals surface area contributed by atoms with Crippen molar-refractivity contribution in [2.45, 2.75) is 12.8 Å². The van der Waals surface area contributed by atoms with Crippen LogP contribution in [0.5, 0.6) is 0 Å². The van der Waals surface area contributed by atoms with Crippen molar-refractivity contribution in [3.63, 3.8) is 0 Å². The van der Waals surface area contributed by atoms with E-state index in [1.54, 1.807) is 0 Å². The van der Waals surface area contributed by atoms with Crippen LogP contribution in [0.3, 0.4) is 0 Å². The smallest absolute Gasteiger partial charge is 0.262 e. The summed E-state index contributed by atoms with van der Waals surface area (Å²) >= 11 is 0. The van der Waals surface area contributed by atoms with Gasteiger partial charge in [-0.1, -0.05) is 60.7 Å². The molecule has 7 aromatic rings. The summed E-state index contributed by atoms with van der Waals surface area (Å²) in [6, 6.07) is 26.4. The molecule has 0 saturated carbocycles. The summed E-state index contributed by atoms with van der Waals surface area (Å²) in [5.41, 5.74) is 3.46. The van der Waals surface area contributed by atoms with Gasteiger partial charge in [0.25, 0.3) is 23.6 Å². The molecule has 50 heavy (non-hydrogen) atoms. The first-order valence-corrected chi connectivity index (χ1v) is 16.0. The van der Waals surface area contributed by atoms with E-state index in [1.807, 2.05) is 60.7 Å². The number of pyridine rings is 2. The van der Waals surface area contributed by atoms with Crippen LogP contribution in [0.25, 0.3) is 43.4 Å². The zero-order chi connectivity index (χ0) is 34.3. The van der Waals surface area contributed by atoms with Gasteiger partial charge in [-0.3, -0.25) is 38.9 Å². The van der Waals surface area contributed by atoms with Crippen LogP contribution in [0, 0.1) is 22.7 Å². The summed E-state index contributed by atoms with van der Waals surface area (Å²) in [6.45, 7) is 0.262. The summed E-state index contributed by atoms with van der Waals surface area (Å²) in [6.07, 6.45) is 3.69. The van der Waals surface area contributed by atoms with Crippen molar-refractivity contribution in [3.8, 4) is 12.1 Å². The summed E-state index contributed by atoms with van der Waals surface area (Å²) < 4.78 is 0. The molecule has 0 bridgehead atoms. The second-order valence-electron chi connectivity index (χ2n) is 12.5. The number of aromatic nitrogens is 2. The molecule has 4 amide bonds. The van der Waals surface area contributed by atoms with Crippen molar-refractivity contribution in [2.75, 3.05) is 13.1 Å². The minimum Gasteiger partial charge on any atom is -0.274 e. The SMILES string of the molecule is N#Cc1cc2c3c(cnc4c5c(C#N)cc6c7c(cnc(c1c34)c75)C(=O)N(CCc1ccccc1)C6=O)C(=O)N(CCc1ccccc1)C2=O. The molecule has 0 atom stereocenters. The second kappa shape index (κ2) is 10.7. The molecular formula is C40H22N6O4. The van der Waals surface area contributed by atoms with E-state index in [-0.39, 0.29) is 57.5 Å². The summed E-state index contributed by atoms with van der Waals surface area (Å²) in [5.74, 6) is -2.08. The Labute approximate surface area is 283 Å². The first-order valence-electron chi connectivity index (χ1n) is 16.0. The Hall–Kier alpha value is -7.04. The fourth-order valence-electron chi connectivity index (χ4n) is 7.57. The van der Waals surface area contributed by atoms with Crippen molar-refractivity contribution in [3.05, 3.63) is 130 Å². The first-order chi connectivity index (χ1) is 24.4. The number of hydrogen-bond donors (Lipinski definition) is 0. The van der Waals surface area contributed by atoms with Gasteiger partial charge in [0.2, 0.25) is 0 Å². The Morgan fingerprint density at radius 3 is 1.26 bits per heavy atom. The number of amides is 4. The van der Waals surface area contributed by atoms with Gasteiger partial charge in [0, 0.05) is 57.8 Å². The number of nitriles is 2. The van der Waals surface area contributed by atoms with E-state index in [0.29, 0.717) is 45.2 Å². The Morgan fingerprint density at radius 2 is 0.880 bits per heavy atom. The van der Waals surface area contributed by atoms with Gasteiger partial charge >= 0.3 is 0 Å². The molecule has 2 aliphatic heterocycles. The van der Waals surface area contributed by atoms with Crippen LogP contribution in [-0.2, 0) is 12.8 Å². The molecule has 0 saturated heterocycles. The highest BCUT2D eigenvalue weighted by molar-refractivity contribution is 6.41. The Morgan fingerprint density at radius 1 is 0.500 bits per heavy atom. The molecule has 4 heterocycles. The van der Waals surface area contributed by atoms with E-state index in [0.717, 1.165) is 11.1 Å². The highest BCUT2D eigenvalue weighted by Gasteiger charge is 2.39. The zero-order valence-corrected chi connectivity index (χ0v) is 26.2. The van der Waals surface area contributed by atoms with Gasteiger partial charge in [-0.15, -0.1) is 0 Å². The fraction of sp³-hybridized carbons (Fsp3) is 0.100. The lowest BCUT2D eigenvalue weighted by Gasteiger charge is -2.30. The maximum Gasteiger partial charge on any atom is 0.262 e. The topological polar surface area (TPSA) is 148 Å². The standard InChI is InChI=1S/C40H22N6O4/c41-17-23-15-25-31-27(39(49)45(37(25)47)13-11-21-7-3-1-4-8-21)19-43-35-30-24(18-42)16-26-32-28(20-44-36(34(30)32)29(23)33(31)35)40(50)46(38(26)48)14-12-22-9-5-2-6-10-22/h1-10,15-16,19-20H,11-14H2. The maximum atomic E-state index is 14.0. The van der Waals surface area contributed by atoms with Gasteiger partial charge in [0.05, 0.1) is 56.6 Å². The third-order valence-electron chi connectivity index (χ3n) is 9.86. The van der Waals surface area contributed by atoms with Crippen molar-refractivity contribution < 1.29 is 19.2 Å².